The summed E-state index contributed by atoms with van der Waals surface area (Å²) in [5.41, 5.74) is 1.35. The summed E-state index contributed by atoms with van der Waals surface area (Å²) in [6, 6.07) is 7.97. The summed E-state index contributed by atoms with van der Waals surface area (Å²) < 4.78 is 0. The molecule has 2 amide bonds. The Kier molecular flexibility index (Phi) is 6.05. The van der Waals surface area contributed by atoms with Crippen molar-refractivity contribution < 1.29 is 19.5 Å². The number of aryl methyl sites for hydroxylation is 1. The van der Waals surface area contributed by atoms with Crippen molar-refractivity contribution in [1.29, 1.82) is 0 Å². The Morgan fingerprint density at radius 2 is 1.92 bits per heavy atom. The van der Waals surface area contributed by atoms with E-state index in [4.69, 9.17) is 5.11 Å². The minimum Gasteiger partial charge on any atom is -0.481 e. The molecular formula is C20H28N2O4. The van der Waals surface area contributed by atoms with Gasteiger partial charge in [-0.05, 0) is 25.3 Å². The van der Waals surface area contributed by atoms with Gasteiger partial charge in [0.1, 0.15) is 0 Å². The molecule has 1 heterocycles. The highest BCUT2D eigenvalue weighted by Crippen LogP contribution is 2.25. The van der Waals surface area contributed by atoms with Crippen LogP contribution in [0.2, 0.25) is 0 Å². The molecule has 2 N–H and O–H groups in total. The number of hydrogen-bond donors (Lipinski definition) is 2. The average molecular weight is 360 g/mol. The molecule has 1 aromatic carbocycles. The first-order valence-electron chi connectivity index (χ1n) is 8.98. The molecule has 142 valence electrons. The number of benzene rings is 1. The molecule has 0 aromatic heterocycles. The van der Waals surface area contributed by atoms with Crippen LogP contribution in [0.4, 0.5) is 0 Å². The van der Waals surface area contributed by atoms with E-state index < -0.39 is 17.4 Å². The van der Waals surface area contributed by atoms with E-state index in [1.807, 2.05) is 45.0 Å². The first kappa shape index (κ1) is 19.9. The lowest BCUT2D eigenvalue weighted by Gasteiger charge is -2.34. The van der Waals surface area contributed by atoms with E-state index in [0.717, 1.165) is 11.1 Å². The Morgan fingerprint density at radius 3 is 2.46 bits per heavy atom. The lowest BCUT2D eigenvalue weighted by Crippen LogP contribution is -2.53. The minimum atomic E-state index is -0.954. The predicted octanol–water partition coefficient (Wildman–Crippen LogP) is 2.35. The highest BCUT2D eigenvalue weighted by Gasteiger charge is 2.39. The van der Waals surface area contributed by atoms with Crippen LogP contribution in [-0.4, -0.2) is 39.9 Å². The Morgan fingerprint density at radius 1 is 1.31 bits per heavy atom. The summed E-state index contributed by atoms with van der Waals surface area (Å²) in [7, 11) is 0. The Balaban J connectivity index is 2.01. The smallest absolute Gasteiger partial charge is 0.305 e. The van der Waals surface area contributed by atoms with Gasteiger partial charge in [0.2, 0.25) is 11.8 Å². The third-order valence-electron chi connectivity index (χ3n) is 5.28. The maximum Gasteiger partial charge on any atom is 0.305 e. The molecule has 2 atom stereocenters. The van der Waals surface area contributed by atoms with Crippen LogP contribution in [0.1, 0.15) is 44.7 Å². The Labute approximate surface area is 154 Å². The summed E-state index contributed by atoms with van der Waals surface area (Å²) in [6.45, 7) is 8.36. The van der Waals surface area contributed by atoms with Crippen molar-refractivity contribution in [2.75, 3.05) is 6.54 Å². The minimum absolute atomic E-state index is 0.0386. The number of nitrogens with zero attached hydrogens (tertiary/aromatic N) is 1. The van der Waals surface area contributed by atoms with Gasteiger partial charge in [-0.3, -0.25) is 14.4 Å². The number of carbonyl (C=O) groups excluding carboxylic acids is 2. The van der Waals surface area contributed by atoms with Gasteiger partial charge in [0, 0.05) is 25.0 Å². The molecule has 2 unspecified atom stereocenters. The van der Waals surface area contributed by atoms with Crippen LogP contribution in [0, 0.1) is 18.8 Å². The molecule has 6 nitrogen and oxygen atoms in total. The Hall–Kier alpha value is -2.37. The number of amides is 2. The van der Waals surface area contributed by atoms with Crippen molar-refractivity contribution in [2.24, 2.45) is 11.8 Å². The van der Waals surface area contributed by atoms with Gasteiger partial charge in [0.05, 0.1) is 12.3 Å². The fourth-order valence-electron chi connectivity index (χ4n) is 3.10. The molecule has 0 radical (unpaired) electrons. The molecule has 1 aliphatic rings. The number of aliphatic carboxylic acids is 1. The van der Waals surface area contributed by atoms with Crippen molar-refractivity contribution in [3.63, 3.8) is 0 Å². The second kappa shape index (κ2) is 7.89. The van der Waals surface area contributed by atoms with Crippen molar-refractivity contribution in [2.45, 2.75) is 52.6 Å². The van der Waals surface area contributed by atoms with Gasteiger partial charge in [-0.25, -0.2) is 0 Å². The topological polar surface area (TPSA) is 86.7 Å². The fourth-order valence-corrected chi connectivity index (χ4v) is 3.10. The van der Waals surface area contributed by atoms with Gasteiger partial charge in [-0.15, -0.1) is 0 Å². The molecule has 1 saturated heterocycles. The van der Waals surface area contributed by atoms with Gasteiger partial charge in [0.15, 0.2) is 0 Å². The number of carboxylic acid groups (broad SMARTS) is 1. The van der Waals surface area contributed by atoms with E-state index in [-0.39, 0.29) is 30.6 Å². The zero-order valence-corrected chi connectivity index (χ0v) is 15.9. The number of hydrogen-bond acceptors (Lipinski definition) is 3. The van der Waals surface area contributed by atoms with Crippen molar-refractivity contribution in [1.82, 2.24) is 10.2 Å². The highest BCUT2D eigenvalue weighted by atomic mass is 16.4. The predicted molar refractivity (Wildman–Crippen MR) is 98.3 cm³/mol. The number of nitrogens with one attached hydrogen (secondary N) is 1. The molecule has 1 aliphatic heterocycles. The summed E-state index contributed by atoms with van der Waals surface area (Å²) in [5, 5.41) is 12.0. The maximum atomic E-state index is 12.7. The Bertz CT molecular complexity index is 684. The van der Waals surface area contributed by atoms with Crippen LogP contribution in [0.5, 0.6) is 0 Å². The standard InChI is InChI=1S/C20H28N2O4/c1-13(2)20(4,10-18(24)25)21-19(26)16-9-17(23)22(12-16)11-15-7-5-14(3)6-8-15/h5-8,13,16H,9-12H2,1-4H3,(H,21,26)(H,24,25). The van der Waals surface area contributed by atoms with Crippen LogP contribution in [-0.2, 0) is 20.9 Å². The molecule has 0 aliphatic carbocycles. The normalized spacial score (nSPS) is 19.5. The molecular weight excluding hydrogens is 332 g/mol. The lowest BCUT2D eigenvalue weighted by atomic mass is 9.84. The molecule has 26 heavy (non-hydrogen) atoms. The molecule has 1 fully saturated rings. The number of rotatable bonds is 7. The first-order chi connectivity index (χ1) is 12.1. The summed E-state index contributed by atoms with van der Waals surface area (Å²) >= 11 is 0. The summed E-state index contributed by atoms with van der Waals surface area (Å²) in [5.74, 6) is -1.73. The lowest BCUT2D eigenvalue weighted by molar-refractivity contribution is -0.140. The molecule has 6 heteroatoms. The number of carboxylic acids is 1. The van der Waals surface area contributed by atoms with E-state index in [9.17, 15) is 14.4 Å². The second-order valence-corrected chi connectivity index (χ2v) is 7.79. The SMILES string of the molecule is Cc1ccc(CN2CC(C(=O)NC(C)(CC(=O)O)C(C)C)CC2=O)cc1. The van der Waals surface area contributed by atoms with E-state index in [2.05, 4.69) is 5.32 Å². The zero-order chi connectivity index (χ0) is 19.5. The zero-order valence-electron chi connectivity index (χ0n) is 15.9. The third kappa shape index (κ3) is 4.84. The fraction of sp³-hybridized carbons (Fsp3) is 0.550. The summed E-state index contributed by atoms with van der Waals surface area (Å²) in [6.07, 6.45) is 0.0170. The van der Waals surface area contributed by atoms with Crippen molar-refractivity contribution in [3.8, 4) is 0 Å². The van der Waals surface area contributed by atoms with Crippen molar-refractivity contribution >= 4 is 17.8 Å². The van der Waals surface area contributed by atoms with Gasteiger partial charge < -0.3 is 15.3 Å². The van der Waals surface area contributed by atoms with Crippen LogP contribution in [0.3, 0.4) is 0 Å². The molecule has 2 rings (SSSR count). The van der Waals surface area contributed by atoms with Crippen LogP contribution in [0.15, 0.2) is 24.3 Å². The van der Waals surface area contributed by atoms with Crippen LogP contribution >= 0.6 is 0 Å². The molecule has 0 spiro atoms. The molecule has 0 saturated carbocycles. The third-order valence-corrected chi connectivity index (χ3v) is 5.28. The van der Waals surface area contributed by atoms with Gasteiger partial charge in [-0.2, -0.15) is 0 Å². The van der Waals surface area contributed by atoms with Gasteiger partial charge in [0.25, 0.3) is 0 Å². The number of carbonyl (C=O) groups is 3. The van der Waals surface area contributed by atoms with E-state index in [0.29, 0.717) is 13.1 Å². The van der Waals surface area contributed by atoms with Crippen LogP contribution in [0.25, 0.3) is 0 Å². The second-order valence-electron chi connectivity index (χ2n) is 7.79. The van der Waals surface area contributed by atoms with Crippen molar-refractivity contribution in [3.05, 3.63) is 35.4 Å². The molecule has 0 bridgehead atoms. The average Bonchev–Trinajstić information content (AvgIpc) is 2.89. The van der Waals surface area contributed by atoms with Gasteiger partial charge >= 0.3 is 5.97 Å². The molecule has 1 aromatic rings. The maximum absolute atomic E-state index is 12.7. The highest BCUT2D eigenvalue weighted by molar-refractivity contribution is 5.89. The van der Waals surface area contributed by atoms with Crippen LogP contribution < -0.4 is 5.32 Å². The summed E-state index contributed by atoms with van der Waals surface area (Å²) in [4.78, 5) is 37.8. The van der Waals surface area contributed by atoms with E-state index in [1.54, 1.807) is 11.8 Å². The monoisotopic (exact) mass is 360 g/mol. The quantitative estimate of drug-likeness (QED) is 0.781. The van der Waals surface area contributed by atoms with E-state index in [1.165, 1.54) is 0 Å². The van der Waals surface area contributed by atoms with Gasteiger partial charge in [-0.1, -0.05) is 43.7 Å². The largest absolute Gasteiger partial charge is 0.481 e. The number of likely N-dealkylation sites (tertiary alicyclic amines) is 1. The van der Waals surface area contributed by atoms with E-state index >= 15 is 0 Å². The first-order valence-corrected chi connectivity index (χ1v) is 8.98.